The highest BCUT2D eigenvalue weighted by atomic mass is 19.4. The van der Waals surface area contributed by atoms with E-state index in [0.717, 1.165) is 12.1 Å². The summed E-state index contributed by atoms with van der Waals surface area (Å²) < 4.78 is 50.6. The molecule has 0 saturated heterocycles. The molecule has 1 aromatic rings. The first kappa shape index (κ1) is 14.8. The largest absolute Gasteiger partial charge is 0.478 e. The third-order valence-electron chi connectivity index (χ3n) is 3.09. The van der Waals surface area contributed by atoms with Crippen LogP contribution < -0.4 is 0 Å². The molecule has 7 heteroatoms. The lowest BCUT2D eigenvalue weighted by Gasteiger charge is -2.23. The second kappa shape index (κ2) is 5.40. The minimum absolute atomic E-state index is 0.0370. The summed E-state index contributed by atoms with van der Waals surface area (Å²) in [5.41, 5.74) is -0.162. The smallest absolute Gasteiger partial charge is 0.401 e. The molecule has 0 amide bonds. The highest BCUT2D eigenvalue weighted by Crippen LogP contribution is 2.31. The lowest BCUT2D eigenvalue weighted by molar-refractivity contribution is -0.148. The number of halogens is 4. The van der Waals surface area contributed by atoms with Crippen molar-refractivity contribution < 1.29 is 27.5 Å². The van der Waals surface area contributed by atoms with Gasteiger partial charge in [0.25, 0.3) is 0 Å². The maximum Gasteiger partial charge on any atom is 0.401 e. The van der Waals surface area contributed by atoms with E-state index < -0.39 is 30.1 Å². The van der Waals surface area contributed by atoms with Crippen molar-refractivity contribution in [3.8, 4) is 0 Å². The molecule has 1 aromatic carbocycles. The maximum atomic E-state index is 13.2. The van der Waals surface area contributed by atoms with Crippen LogP contribution in [0, 0.1) is 5.82 Å². The second-order valence-electron chi connectivity index (χ2n) is 4.87. The minimum atomic E-state index is -4.31. The molecule has 1 saturated carbocycles. The van der Waals surface area contributed by atoms with Crippen molar-refractivity contribution in [3.63, 3.8) is 0 Å². The first-order chi connectivity index (χ1) is 9.26. The number of hydrogen-bond acceptors (Lipinski definition) is 2. The Morgan fingerprint density at radius 3 is 2.50 bits per heavy atom. The van der Waals surface area contributed by atoms with Gasteiger partial charge in [-0.05, 0) is 30.5 Å². The van der Waals surface area contributed by atoms with Crippen molar-refractivity contribution in [2.75, 3.05) is 6.54 Å². The Morgan fingerprint density at radius 1 is 1.35 bits per heavy atom. The van der Waals surface area contributed by atoms with E-state index in [0.29, 0.717) is 18.4 Å². The summed E-state index contributed by atoms with van der Waals surface area (Å²) in [4.78, 5) is 12.1. The summed E-state index contributed by atoms with van der Waals surface area (Å²) in [6.45, 7) is -1.08. The Balaban J connectivity index is 2.14. The molecule has 0 spiro atoms. The van der Waals surface area contributed by atoms with Crippen LogP contribution in [0.5, 0.6) is 0 Å². The fourth-order valence-corrected chi connectivity index (χ4v) is 2.05. The SMILES string of the molecule is O=C(O)c1cc(CN(CC(F)(F)F)C2CC2)ccc1F. The van der Waals surface area contributed by atoms with E-state index in [-0.39, 0.29) is 12.6 Å². The van der Waals surface area contributed by atoms with Crippen LogP contribution in [0.15, 0.2) is 18.2 Å². The molecule has 0 aliphatic heterocycles. The van der Waals surface area contributed by atoms with Gasteiger partial charge in [-0.25, -0.2) is 9.18 Å². The molecule has 110 valence electrons. The Kier molecular flexibility index (Phi) is 3.99. The van der Waals surface area contributed by atoms with Gasteiger partial charge in [-0.15, -0.1) is 0 Å². The zero-order chi connectivity index (χ0) is 14.9. The fraction of sp³-hybridized carbons (Fsp3) is 0.462. The van der Waals surface area contributed by atoms with Crippen molar-refractivity contribution in [1.82, 2.24) is 4.90 Å². The summed E-state index contributed by atoms with van der Waals surface area (Å²) in [6, 6.07) is 3.24. The number of benzene rings is 1. The second-order valence-corrected chi connectivity index (χ2v) is 4.87. The van der Waals surface area contributed by atoms with Crippen LogP contribution >= 0.6 is 0 Å². The highest BCUT2D eigenvalue weighted by molar-refractivity contribution is 5.88. The van der Waals surface area contributed by atoms with Crippen molar-refractivity contribution in [1.29, 1.82) is 0 Å². The maximum absolute atomic E-state index is 13.2. The van der Waals surface area contributed by atoms with Crippen LogP contribution in [0.4, 0.5) is 17.6 Å². The van der Waals surface area contributed by atoms with Gasteiger partial charge in [-0.1, -0.05) is 6.07 Å². The molecular weight excluding hydrogens is 278 g/mol. The van der Waals surface area contributed by atoms with Gasteiger partial charge in [-0.2, -0.15) is 13.2 Å². The van der Waals surface area contributed by atoms with Crippen LogP contribution in [0.1, 0.15) is 28.8 Å². The van der Waals surface area contributed by atoms with Gasteiger partial charge in [0, 0.05) is 12.6 Å². The van der Waals surface area contributed by atoms with Crippen LogP contribution in [0.3, 0.4) is 0 Å². The van der Waals surface area contributed by atoms with E-state index in [1.54, 1.807) is 0 Å². The average molecular weight is 291 g/mol. The van der Waals surface area contributed by atoms with Crippen molar-refractivity contribution in [2.24, 2.45) is 0 Å². The normalized spacial score (nSPS) is 15.7. The van der Waals surface area contributed by atoms with Crippen LogP contribution in [-0.4, -0.2) is 34.7 Å². The molecule has 0 radical (unpaired) electrons. The fourth-order valence-electron chi connectivity index (χ4n) is 2.05. The van der Waals surface area contributed by atoms with E-state index in [1.165, 1.54) is 11.0 Å². The standard InChI is InChI=1S/C13H13F4NO2/c14-11-4-1-8(5-10(11)12(19)20)6-18(9-2-3-9)7-13(15,16)17/h1,4-5,9H,2-3,6-7H2,(H,19,20). The highest BCUT2D eigenvalue weighted by Gasteiger charge is 2.37. The molecule has 1 fully saturated rings. The van der Waals surface area contributed by atoms with Crippen molar-refractivity contribution in [2.45, 2.75) is 31.6 Å². The number of aromatic carboxylic acids is 1. The number of carboxylic acid groups (broad SMARTS) is 1. The van der Waals surface area contributed by atoms with Gasteiger partial charge in [0.2, 0.25) is 0 Å². The average Bonchev–Trinajstić information content (AvgIpc) is 3.12. The van der Waals surface area contributed by atoms with Crippen LogP contribution in [0.2, 0.25) is 0 Å². The summed E-state index contributed by atoms with van der Waals surface area (Å²) in [5, 5.41) is 8.80. The molecule has 0 aromatic heterocycles. The number of carboxylic acids is 1. The topological polar surface area (TPSA) is 40.5 Å². The zero-order valence-corrected chi connectivity index (χ0v) is 10.5. The first-order valence-electron chi connectivity index (χ1n) is 6.09. The Morgan fingerprint density at radius 2 is 2.00 bits per heavy atom. The molecule has 0 atom stereocenters. The Hall–Kier alpha value is -1.63. The number of hydrogen-bond donors (Lipinski definition) is 1. The molecule has 0 bridgehead atoms. The summed E-state index contributed by atoms with van der Waals surface area (Å²) >= 11 is 0. The summed E-state index contributed by atoms with van der Waals surface area (Å²) in [7, 11) is 0. The Labute approximate surface area is 112 Å². The van der Waals surface area contributed by atoms with Gasteiger partial charge >= 0.3 is 12.1 Å². The lowest BCUT2D eigenvalue weighted by atomic mass is 10.1. The van der Waals surface area contributed by atoms with Crippen LogP contribution in [-0.2, 0) is 6.54 Å². The van der Waals surface area contributed by atoms with Crippen molar-refractivity contribution >= 4 is 5.97 Å². The van der Waals surface area contributed by atoms with E-state index in [1.807, 2.05) is 0 Å². The van der Waals surface area contributed by atoms with Gasteiger partial charge < -0.3 is 5.11 Å². The van der Waals surface area contributed by atoms with Gasteiger partial charge in [0.05, 0.1) is 12.1 Å². The predicted octanol–water partition coefficient (Wildman–Crippen LogP) is 3.05. The zero-order valence-electron chi connectivity index (χ0n) is 10.5. The van der Waals surface area contributed by atoms with E-state index >= 15 is 0 Å². The van der Waals surface area contributed by atoms with E-state index in [4.69, 9.17) is 5.11 Å². The van der Waals surface area contributed by atoms with Gasteiger partial charge in [0.15, 0.2) is 0 Å². The molecule has 1 N–H and O–H groups in total. The number of nitrogens with zero attached hydrogens (tertiary/aromatic N) is 1. The summed E-state index contributed by atoms with van der Waals surface area (Å²) in [6.07, 6.45) is -2.91. The summed E-state index contributed by atoms with van der Waals surface area (Å²) in [5.74, 6) is -2.33. The van der Waals surface area contributed by atoms with Gasteiger partial charge in [0.1, 0.15) is 5.82 Å². The molecule has 3 nitrogen and oxygen atoms in total. The van der Waals surface area contributed by atoms with E-state index in [2.05, 4.69) is 0 Å². The first-order valence-corrected chi connectivity index (χ1v) is 6.09. The quantitative estimate of drug-likeness (QED) is 0.848. The third-order valence-corrected chi connectivity index (χ3v) is 3.09. The van der Waals surface area contributed by atoms with Gasteiger partial charge in [-0.3, -0.25) is 4.90 Å². The van der Waals surface area contributed by atoms with Crippen molar-refractivity contribution in [3.05, 3.63) is 35.1 Å². The molecule has 1 aliphatic rings. The number of carbonyl (C=O) groups is 1. The van der Waals surface area contributed by atoms with E-state index in [9.17, 15) is 22.4 Å². The molecular formula is C13H13F4NO2. The minimum Gasteiger partial charge on any atom is -0.478 e. The monoisotopic (exact) mass is 291 g/mol. The Bertz CT molecular complexity index is 512. The predicted molar refractivity (Wildman–Crippen MR) is 62.8 cm³/mol. The lowest BCUT2D eigenvalue weighted by Crippen LogP contribution is -2.35. The molecule has 20 heavy (non-hydrogen) atoms. The molecule has 0 heterocycles. The number of rotatable bonds is 5. The molecule has 0 unspecified atom stereocenters. The van der Waals surface area contributed by atoms with Crippen LogP contribution in [0.25, 0.3) is 0 Å². The molecule has 2 rings (SSSR count). The third kappa shape index (κ3) is 3.93. The molecule has 1 aliphatic carbocycles. The number of alkyl halides is 3.